The Morgan fingerprint density at radius 3 is 2.45 bits per heavy atom. The molecule has 2 amide bonds. The van der Waals surface area contributed by atoms with Gasteiger partial charge < -0.3 is 14.8 Å². The van der Waals surface area contributed by atoms with E-state index in [9.17, 15) is 14.4 Å². The molecule has 7 nitrogen and oxygen atoms in total. The summed E-state index contributed by atoms with van der Waals surface area (Å²) in [6, 6.07) is 15.3. The molecule has 7 heteroatoms. The first-order valence-corrected chi connectivity index (χ1v) is 9.64. The highest BCUT2D eigenvalue weighted by molar-refractivity contribution is 5.97. The van der Waals surface area contributed by atoms with Gasteiger partial charge in [0.2, 0.25) is 5.91 Å². The maximum absolute atomic E-state index is 12.7. The second kappa shape index (κ2) is 9.73. The van der Waals surface area contributed by atoms with Gasteiger partial charge in [-0.25, -0.2) is 9.59 Å². The zero-order chi connectivity index (χ0) is 20.6. The molecule has 2 aromatic carbocycles. The van der Waals surface area contributed by atoms with Crippen LogP contribution in [0.3, 0.4) is 0 Å². The standard InChI is InChI=1S/C22H24N2O5/c1-2-28-21(26)17-10-12-18(13-11-17)23-20(25)19-9-6-14-24(19)22(27)29-15-16-7-4-3-5-8-16/h3-5,7-8,10-13,19H,2,6,9,14-15H2,1H3,(H,23,25)/t19-/m0/s1. The van der Waals surface area contributed by atoms with Gasteiger partial charge in [0, 0.05) is 12.2 Å². The Bertz CT molecular complexity index is 851. The summed E-state index contributed by atoms with van der Waals surface area (Å²) in [6.07, 6.45) is 0.817. The van der Waals surface area contributed by atoms with E-state index in [0.717, 1.165) is 12.0 Å². The molecule has 29 heavy (non-hydrogen) atoms. The second-order valence-corrected chi connectivity index (χ2v) is 6.68. The number of ether oxygens (including phenoxy) is 2. The highest BCUT2D eigenvalue weighted by atomic mass is 16.6. The van der Waals surface area contributed by atoms with E-state index in [1.54, 1.807) is 31.2 Å². The van der Waals surface area contributed by atoms with Gasteiger partial charge in [-0.1, -0.05) is 30.3 Å². The van der Waals surface area contributed by atoms with Crippen LogP contribution in [0.4, 0.5) is 10.5 Å². The lowest BCUT2D eigenvalue weighted by molar-refractivity contribution is -0.120. The number of anilines is 1. The van der Waals surface area contributed by atoms with E-state index < -0.39 is 18.1 Å². The van der Waals surface area contributed by atoms with Gasteiger partial charge in [0.05, 0.1) is 12.2 Å². The Morgan fingerprint density at radius 1 is 1.03 bits per heavy atom. The molecule has 0 spiro atoms. The fourth-order valence-electron chi connectivity index (χ4n) is 3.19. The van der Waals surface area contributed by atoms with Gasteiger partial charge in [-0.05, 0) is 49.6 Å². The average Bonchev–Trinajstić information content (AvgIpc) is 3.24. The molecule has 0 radical (unpaired) electrons. The molecular weight excluding hydrogens is 372 g/mol. The van der Waals surface area contributed by atoms with Crippen LogP contribution in [-0.2, 0) is 20.9 Å². The second-order valence-electron chi connectivity index (χ2n) is 6.68. The lowest BCUT2D eigenvalue weighted by Gasteiger charge is -2.23. The van der Waals surface area contributed by atoms with Gasteiger partial charge in [-0.15, -0.1) is 0 Å². The molecular formula is C22H24N2O5. The first kappa shape index (κ1) is 20.4. The number of carbonyl (C=O) groups is 3. The summed E-state index contributed by atoms with van der Waals surface area (Å²) in [7, 11) is 0. The first-order valence-electron chi connectivity index (χ1n) is 9.64. The van der Waals surface area contributed by atoms with Crippen molar-refractivity contribution in [1.29, 1.82) is 0 Å². The van der Waals surface area contributed by atoms with Crippen LogP contribution in [0.25, 0.3) is 0 Å². The Kier molecular flexibility index (Phi) is 6.84. The normalized spacial score (nSPS) is 15.6. The largest absolute Gasteiger partial charge is 0.462 e. The molecule has 152 valence electrons. The SMILES string of the molecule is CCOC(=O)c1ccc(NC(=O)[C@@H]2CCCN2C(=O)OCc2ccccc2)cc1. The summed E-state index contributed by atoms with van der Waals surface area (Å²) in [5.74, 6) is -0.684. The maximum Gasteiger partial charge on any atom is 0.410 e. The average molecular weight is 396 g/mol. The van der Waals surface area contributed by atoms with Crippen molar-refractivity contribution < 1.29 is 23.9 Å². The van der Waals surface area contributed by atoms with Crippen LogP contribution in [0.15, 0.2) is 54.6 Å². The third-order valence-corrected chi connectivity index (χ3v) is 4.66. The molecule has 1 N–H and O–H groups in total. The molecule has 1 saturated heterocycles. The van der Waals surface area contributed by atoms with E-state index in [0.29, 0.717) is 30.8 Å². The lowest BCUT2D eigenvalue weighted by atomic mass is 10.2. The van der Waals surface area contributed by atoms with Gasteiger partial charge in [-0.2, -0.15) is 0 Å². The van der Waals surface area contributed by atoms with Crippen molar-refractivity contribution in [3.63, 3.8) is 0 Å². The number of nitrogens with one attached hydrogen (secondary N) is 1. The molecule has 2 aromatic rings. The third kappa shape index (κ3) is 5.34. The minimum atomic E-state index is -0.581. The maximum atomic E-state index is 12.7. The van der Waals surface area contributed by atoms with Crippen LogP contribution < -0.4 is 5.32 Å². The molecule has 0 saturated carbocycles. The molecule has 1 atom stereocenters. The van der Waals surface area contributed by atoms with E-state index in [1.807, 2.05) is 30.3 Å². The van der Waals surface area contributed by atoms with E-state index in [-0.39, 0.29) is 12.5 Å². The summed E-state index contributed by atoms with van der Waals surface area (Å²) >= 11 is 0. The number of carbonyl (C=O) groups excluding carboxylic acids is 3. The van der Waals surface area contributed by atoms with Crippen LogP contribution in [0, 0.1) is 0 Å². The van der Waals surface area contributed by atoms with Crippen molar-refractivity contribution in [2.75, 3.05) is 18.5 Å². The molecule has 1 aliphatic heterocycles. The number of amides is 2. The van der Waals surface area contributed by atoms with Crippen LogP contribution in [0.1, 0.15) is 35.7 Å². The third-order valence-electron chi connectivity index (χ3n) is 4.66. The van der Waals surface area contributed by atoms with Gasteiger partial charge in [-0.3, -0.25) is 9.69 Å². The predicted octanol–water partition coefficient (Wildman–Crippen LogP) is 3.60. The number of nitrogens with zero attached hydrogens (tertiary/aromatic N) is 1. The van der Waals surface area contributed by atoms with Crippen molar-refractivity contribution in [2.24, 2.45) is 0 Å². The molecule has 1 heterocycles. The summed E-state index contributed by atoms with van der Waals surface area (Å²) < 4.78 is 10.3. The smallest absolute Gasteiger partial charge is 0.410 e. The van der Waals surface area contributed by atoms with Crippen LogP contribution in [0.5, 0.6) is 0 Å². The van der Waals surface area contributed by atoms with E-state index in [1.165, 1.54) is 4.90 Å². The Balaban J connectivity index is 1.56. The Hall–Kier alpha value is -3.35. The molecule has 1 fully saturated rings. The molecule has 0 aliphatic carbocycles. The Morgan fingerprint density at radius 2 is 1.76 bits per heavy atom. The lowest BCUT2D eigenvalue weighted by Crippen LogP contribution is -2.43. The minimum absolute atomic E-state index is 0.167. The minimum Gasteiger partial charge on any atom is -0.462 e. The number of hydrogen-bond acceptors (Lipinski definition) is 5. The van der Waals surface area contributed by atoms with Crippen molar-refractivity contribution >= 4 is 23.7 Å². The summed E-state index contributed by atoms with van der Waals surface area (Å²) in [6.45, 7) is 2.69. The summed E-state index contributed by atoms with van der Waals surface area (Å²) in [5.41, 5.74) is 1.85. The van der Waals surface area contributed by atoms with Gasteiger partial charge in [0.15, 0.2) is 0 Å². The highest BCUT2D eigenvalue weighted by Gasteiger charge is 2.35. The van der Waals surface area contributed by atoms with Crippen LogP contribution >= 0.6 is 0 Å². The topological polar surface area (TPSA) is 84.9 Å². The van der Waals surface area contributed by atoms with E-state index >= 15 is 0 Å². The van der Waals surface area contributed by atoms with Crippen LogP contribution in [0.2, 0.25) is 0 Å². The number of benzene rings is 2. The fraction of sp³-hybridized carbons (Fsp3) is 0.318. The van der Waals surface area contributed by atoms with Crippen molar-refractivity contribution in [2.45, 2.75) is 32.4 Å². The molecule has 0 bridgehead atoms. The van der Waals surface area contributed by atoms with Gasteiger partial charge in [0.1, 0.15) is 12.6 Å². The summed E-state index contributed by atoms with van der Waals surface area (Å²) in [5, 5.41) is 2.80. The zero-order valence-corrected chi connectivity index (χ0v) is 16.3. The van der Waals surface area contributed by atoms with Gasteiger partial charge >= 0.3 is 12.1 Å². The molecule has 3 rings (SSSR count). The fourth-order valence-corrected chi connectivity index (χ4v) is 3.19. The van der Waals surface area contributed by atoms with E-state index in [2.05, 4.69) is 5.32 Å². The monoisotopic (exact) mass is 396 g/mol. The molecule has 0 unspecified atom stereocenters. The number of likely N-dealkylation sites (tertiary alicyclic amines) is 1. The van der Waals surface area contributed by atoms with Crippen molar-refractivity contribution in [1.82, 2.24) is 4.90 Å². The Labute approximate surface area is 169 Å². The van der Waals surface area contributed by atoms with Crippen LogP contribution in [-0.4, -0.2) is 42.1 Å². The van der Waals surface area contributed by atoms with Crippen molar-refractivity contribution in [3.05, 3.63) is 65.7 Å². The quantitative estimate of drug-likeness (QED) is 0.754. The van der Waals surface area contributed by atoms with Gasteiger partial charge in [0.25, 0.3) is 0 Å². The molecule has 0 aromatic heterocycles. The van der Waals surface area contributed by atoms with Crippen molar-refractivity contribution in [3.8, 4) is 0 Å². The van der Waals surface area contributed by atoms with E-state index in [4.69, 9.17) is 9.47 Å². The first-order chi connectivity index (χ1) is 14.1. The molecule has 1 aliphatic rings. The number of esters is 1. The zero-order valence-electron chi connectivity index (χ0n) is 16.3. The number of hydrogen-bond donors (Lipinski definition) is 1. The predicted molar refractivity (Wildman–Crippen MR) is 107 cm³/mol. The number of rotatable bonds is 6. The highest BCUT2D eigenvalue weighted by Crippen LogP contribution is 2.21. The summed E-state index contributed by atoms with van der Waals surface area (Å²) in [4.78, 5) is 38.3.